The molecule has 0 aliphatic rings. The van der Waals surface area contributed by atoms with Gasteiger partial charge in [-0.25, -0.2) is 0 Å². The van der Waals surface area contributed by atoms with Gasteiger partial charge in [0.05, 0.1) is 18.3 Å². The van der Waals surface area contributed by atoms with Crippen LogP contribution in [0.1, 0.15) is 53.3 Å². The smallest absolute Gasteiger partial charge is 0.131 e. The lowest BCUT2D eigenvalue weighted by Crippen LogP contribution is -2.38. The fourth-order valence-electron chi connectivity index (χ4n) is 3.46. The van der Waals surface area contributed by atoms with Gasteiger partial charge >= 0.3 is 0 Å². The lowest BCUT2D eigenvalue weighted by molar-refractivity contribution is 0.107. The third kappa shape index (κ3) is 5.10. The Morgan fingerprint density at radius 3 is 2.10 bits per heavy atom. The van der Waals surface area contributed by atoms with E-state index in [0.29, 0.717) is 0 Å². The Balaban J connectivity index is 2.14. The maximum absolute atomic E-state index is 10.9. The molecular weight excluding hydrogens is 374 g/mol. The van der Waals surface area contributed by atoms with Gasteiger partial charge in [0.15, 0.2) is 0 Å². The molecule has 5 nitrogen and oxygen atoms in total. The van der Waals surface area contributed by atoms with Crippen LogP contribution in [0, 0.1) is 0 Å². The zero-order chi connectivity index (χ0) is 22.1. The molecule has 160 valence electrons. The molecule has 0 aliphatic heterocycles. The Morgan fingerprint density at radius 2 is 1.53 bits per heavy atom. The van der Waals surface area contributed by atoms with E-state index in [2.05, 4.69) is 37.3 Å². The summed E-state index contributed by atoms with van der Waals surface area (Å²) < 4.78 is 7.32. The van der Waals surface area contributed by atoms with Crippen LogP contribution < -0.4 is 10.1 Å². The van der Waals surface area contributed by atoms with Crippen molar-refractivity contribution in [2.75, 3.05) is 7.11 Å². The second-order valence-electron chi connectivity index (χ2n) is 9.67. The van der Waals surface area contributed by atoms with E-state index in [0.717, 1.165) is 33.7 Å². The number of methoxy groups -OCH3 is 1. The maximum atomic E-state index is 10.9. The van der Waals surface area contributed by atoms with Crippen LogP contribution in [0.5, 0.6) is 5.75 Å². The van der Waals surface area contributed by atoms with Crippen LogP contribution in [-0.4, -0.2) is 27.5 Å². The Morgan fingerprint density at radius 1 is 0.900 bits per heavy atom. The SMILES string of the molecule is COc1ccc(-c2cc(-c3ccnn3C(C)(C)C)cc(C(O)NC(C)(C)C)c2)cc1. The van der Waals surface area contributed by atoms with Crippen molar-refractivity contribution in [1.82, 2.24) is 15.1 Å². The van der Waals surface area contributed by atoms with Crippen molar-refractivity contribution in [3.63, 3.8) is 0 Å². The van der Waals surface area contributed by atoms with Gasteiger partial charge in [0, 0.05) is 17.3 Å². The van der Waals surface area contributed by atoms with Gasteiger partial charge in [-0.2, -0.15) is 5.10 Å². The number of benzene rings is 2. The summed E-state index contributed by atoms with van der Waals surface area (Å²) in [5, 5.41) is 18.7. The zero-order valence-corrected chi connectivity index (χ0v) is 19.0. The summed E-state index contributed by atoms with van der Waals surface area (Å²) in [6.07, 6.45) is 1.04. The molecule has 2 aromatic carbocycles. The van der Waals surface area contributed by atoms with Crippen molar-refractivity contribution < 1.29 is 9.84 Å². The second-order valence-corrected chi connectivity index (χ2v) is 9.67. The molecule has 0 fully saturated rings. The molecule has 0 amide bonds. The highest BCUT2D eigenvalue weighted by molar-refractivity contribution is 5.73. The van der Waals surface area contributed by atoms with Crippen LogP contribution in [0.4, 0.5) is 0 Å². The van der Waals surface area contributed by atoms with Crippen LogP contribution in [0.25, 0.3) is 22.4 Å². The summed E-state index contributed by atoms with van der Waals surface area (Å²) in [6.45, 7) is 12.5. The summed E-state index contributed by atoms with van der Waals surface area (Å²) in [5.74, 6) is 0.815. The number of aromatic nitrogens is 2. The standard InChI is InChI=1S/C25H33N3O2/c1-24(2,3)27-23(29)20-15-18(17-8-10-21(30-7)11-9-17)14-19(16-20)22-12-13-26-28(22)25(4,5)6/h8-16,23,27,29H,1-7H3. The van der Waals surface area contributed by atoms with Crippen molar-refractivity contribution in [3.05, 3.63) is 60.3 Å². The number of nitrogens with zero attached hydrogens (tertiary/aromatic N) is 2. The average molecular weight is 408 g/mol. The minimum atomic E-state index is -0.784. The lowest BCUT2D eigenvalue weighted by atomic mass is 9.96. The summed E-state index contributed by atoms with van der Waals surface area (Å²) in [6, 6.07) is 16.2. The quantitative estimate of drug-likeness (QED) is 0.559. The third-order valence-corrected chi connectivity index (χ3v) is 4.84. The molecule has 0 saturated carbocycles. The number of hydrogen-bond donors (Lipinski definition) is 2. The van der Waals surface area contributed by atoms with Crippen molar-refractivity contribution in [1.29, 1.82) is 0 Å². The largest absolute Gasteiger partial charge is 0.497 e. The van der Waals surface area contributed by atoms with E-state index >= 15 is 0 Å². The monoisotopic (exact) mass is 407 g/mol. The molecule has 3 aromatic rings. The first kappa shape index (κ1) is 22.1. The first-order chi connectivity index (χ1) is 14.0. The highest BCUT2D eigenvalue weighted by Gasteiger charge is 2.21. The third-order valence-electron chi connectivity index (χ3n) is 4.84. The minimum absolute atomic E-state index is 0.155. The van der Waals surface area contributed by atoms with Gasteiger partial charge in [-0.15, -0.1) is 0 Å². The van der Waals surface area contributed by atoms with Crippen LogP contribution in [0.3, 0.4) is 0 Å². The molecule has 2 N–H and O–H groups in total. The molecule has 5 heteroatoms. The molecular formula is C25H33N3O2. The first-order valence-corrected chi connectivity index (χ1v) is 10.3. The van der Waals surface area contributed by atoms with Gasteiger partial charge in [0.2, 0.25) is 0 Å². The Labute approximate surface area is 179 Å². The molecule has 30 heavy (non-hydrogen) atoms. The van der Waals surface area contributed by atoms with Crippen LogP contribution in [-0.2, 0) is 5.54 Å². The van der Waals surface area contributed by atoms with Crippen molar-refractivity contribution in [3.8, 4) is 28.1 Å². The predicted octanol–water partition coefficient (Wildman–Crippen LogP) is 5.36. The summed E-state index contributed by atoms with van der Waals surface area (Å²) >= 11 is 0. The normalized spacial score (nSPS) is 13.3. The van der Waals surface area contributed by atoms with Crippen molar-refractivity contribution in [2.24, 2.45) is 0 Å². The lowest BCUT2D eigenvalue weighted by Gasteiger charge is -2.26. The van der Waals surface area contributed by atoms with Gasteiger partial charge in [-0.1, -0.05) is 12.1 Å². The first-order valence-electron chi connectivity index (χ1n) is 10.3. The Bertz CT molecular complexity index is 992. The Kier molecular flexibility index (Phi) is 6.06. The van der Waals surface area contributed by atoms with E-state index in [1.54, 1.807) is 7.11 Å². The maximum Gasteiger partial charge on any atom is 0.131 e. The van der Waals surface area contributed by atoms with Crippen molar-refractivity contribution in [2.45, 2.75) is 58.8 Å². The molecule has 0 aliphatic carbocycles. The van der Waals surface area contributed by atoms with E-state index < -0.39 is 6.23 Å². The molecule has 0 radical (unpaired) electrons. The number of rotatable bonds is 5. The van der Waals surface area contributed by atoms with Gasteiger partial charge < -0.3 is 9.84 Å². The molecule has 0 spiro atoms. The summed E-state index contributed by atoms with van der Waals surface area (Å²) in [7, 11) is 1.66. The van der Waals surface area contributed by atoms with Gasteiger partial charge in [0.25, 0.3) is 0 Å². The van der Waals surface area contributed by atoms with E-state index in [9.17, 15) is 5.11 Å². The number of aliphatic hydroxyl groups is 1. The Hall–Kier alpha value is -2.63. The molecule has 1 heterocycles. The summed E-state index contributed by atoms with van der Waals surface area (Å²) in [5.41, 5.74) is 4.56. The number of nitrogens with one attached hydrogen (secondary N) is 1. The van der Waals surface area contributed by atoms with Crippen LogP contribution in [0.15, 0.2) is 54.7 Å². The van der Waals surface area contributed by atoms with E-state index in [4.69, 9.17) is 4.74 Å². The van der Waals surface area contributed by atoms with E-state index in [1.807, 2.05) is 74.1 Å². The summed E-state index contributed by atoms with van der Waals surface area (Å²) in [4.78, 5) is 0. The van der Waals surface area contributed by atoms with E-state index in [1.165, 1.54) is 0 Å². The molecule has 0 saturated heterocycles. The average Bonchev–Trinajstić information content (AvgIpc) is 3.17. The number of hydrogen-bond acceptors (Lipinski definition) is 4. The van der Waals surface area contributed by atoms with Gasteiger partial charge in [0.1, 0.15) is 12.0 Å². The van der Waals surface area contributed by atoms with Crippen molar-refractivity contribution >= 4 is 0 Å². The fourth-order valence-corrected chi connectivity index (χ4v) is 3.46. The zero-order valence-electron chi connectivity index (χ0n) is 19.0. The van der Waals surface area contributed by atoms with Crippen LogP contribution >= 0.6 is 0 Å². The molecule has 1 unspecified atom stereocenters. The number of aliphatic hydroxyl groups excluding tert-OH is 1. The van der Waals surface area contributed by atoms with E-state index in [-0.39, 0.29) is 11.1 Å². The van der Waals surface area contributed by atoms with Gasteiger partial charge in [-0.05, 0) is 94.6 Å². The predicted molar refractivity (Wildman–Crippen MR) is 122 cm³/mol. The second kappa shape index (κ2) is 8.25. The highest BCUT2D eigenvalue weighted by atomic mass is 16.5. The molecule has 1 aromatic heterocycles. The topological polar surface area (TPSA) is 59.3 Å². The minimum Gasteiger partial charge on any atom is -0.497 e. The van der Waals surface area contributed by atoms with Gasteiger partial charge in [-0.3, -0.25) is 10.00 Å². The molecule has 1 atom stereocenters. The fraction of sp³-hybridized carbons (Fsp3) is 0.400. The molecule has 0 bridgehead atoms. The molecule has 3 rings (SSSR count). The number of ether oxygens (including phenoxy) is 1. The highest BCUT2D eigenvalue weighted by Crippen LogP contribution is 2.33. The van der Waals surface area contributed by atoms with Crippen LogP contribution in [0.2, 0.25) is 0 Å².